The topological polar surface area (TPSA) is 69.4 Å². The van der Waals surface area contributed by atoms with Gasteiger partial charge >= 0.3 is 5.97 Å². The number of pyridine rings is 1. The highest BCUT2D eigenvalue weighted by Gasteiger charge is 2.22. The molecule has 5 nitrogen and oxygen atoms in total. The second-order valence-electron chi connectivity index (χ2n) is 6.33. The van der Waals surface area contributed by atoms with Gasteiger partial charge in [0.15, 0.2) is 11.9 Å². The van der Waals surface area contributed by atoms with E-state index in [4.69, 9.17) is 9.15 Å². The fourth-order valence-corrected chi connectivity index (χ4v) is 3.01. The first-order valence-electron chi connectivity index (χ1n) is 8.87. The summed E-state index contributed by atoms with van der Waals surface area (Å²) in [5.74, 6) is -0.282. The lowest BCUT2D eigenvalue weighted by Gasteiger charge is -2.14. The number of carbonyl (C=O) groups is 2. The van der Waals surface area contributed by atoms with Crippen LogP contribution >= 0.6 is 0 Å². The van der Waals surface area contributed by atoms with Crippen LogP contribution < -0.4 is 0 Å². The van der Waals surface area contributed by atoms with Gasteiger partial charge in [0.1, 0.15) is 5.69 Å². The number of hydrogen-bond acceptors (Lipinski definition) is 5. The summed E-state index contributed by atoms with van der Waals surface area (Å²) in [4.78, 5) is 30.0. The summed E-state index contributed by atoms with van der Waals surface area (Å²) >= 11 is 0. The summed E-state index contributed by atoms with van der Waals surface area (Å²) in [6, 6.07) is 21.2. The molecule has 0 spiro atoms. The monoisotopic (exact) mass is 371 g/mol. The molecule has 28 heavy (non-hydrogen) atoms. The summed E-state index contributed by atoms with van der Waals surface area (Å²) in [6.07, 6.45) is 0.638. The van der Waals surface area contributed by atoms with Gasteiger partial charge in [-0.1, -0.05) is 48.5 Å². The van der Waals surface area contributed by atoms with E-state index in [0.717, 1.165) is 0 Å². The number of aromatic nitrogens is 1. The highest BCUT2D eigenvalue weighted by molar-refractivity contribution is 6.06. The van der Waals surface area contributed by atoms with Crippen LogP contribution in [0.25, 0.3) is 22.4 Å². The Bertz CT molecular complexity index is 1130. The SMILES string of the molecule is CC(OC(=O)c1cc(-c2ccco2)nc2ccccc12)C(=O)c1ccccc1. The number of benzene rings is 2. The van der Waals surface area contributed by atoms with Crippen molar-refractivity contribution < 1.29 is 18.7 Å². The first-order chi connectivity index (χ1) is 13.6. The molecule has 0 bridgehead atoms. The largest absolute Gasteiger partial charge is 0.463 e. The van der Waals surface area contributed by atoms with Gasteiger partial charge in [-0.2, -0.15) is 0 Å². The van der Waals surface area contributed by atoms with Crippen molar-refractivity contribution in [1.29, 1.82) is 0 Å². The Morgan fingerprint density at radius 3 is 2.46 bits per heavy atom. The van der Waals surface area contributed by atoms with E-state index in [2.05, 4.69) is 4.98 Å². The fraction of sp³-hybridized carbons (Fsp3) is 0.0870. The summed E-state index contributed by atoms with van der Waals surface area (Å²) in [7, 11) is 0. The van der Waals surface area contributed by atoms with Crippen LogP contribution in [0.1, 0.15) is 27.6 Å². The van der Waals surface area contributed by atoms with E-state index in [9.17, 15) is 9.59 Å². The number of furan rings is 1. The number of esters is 1. The Kier molecular flexibility index (Phi) is 4.72. The van der Waals surface area contributed by atoms with Crippen LogP contribution in [0, 0.1) is 0 Å². The fourth-order valence-electron chi connectivity index (χ4n) is 3.01. The number of nitrogens with zero attached hydrogens (tertiary/aromatic N) is 1. The normalized spacial score (nSPS) is 11.9. The van der Waals surface area contributed by atoms with Crippen LogP contribution in [-0.4, -0.2) is 22.8 Å². The van der Waals surface area contributed by atoms with Gasteiger partial charge in [0, 0.05) is 10.9 Å². The maximum absolute atomic E-state index is 12.9. The molecular weight excluding hydrogens is 354 g/mol. The van der Waals surface area contributed by atoms with Gasteiger partial charge in [-0.25, -0.2) is 9.78 Å². The molecule has 0 saturated carbocycles. The predicted octanol–water partition coefficient (Wildman–Crippen LogP) is 4.92. The maximum atomic E-state index is 12.9. The average Bonchev–Trinajstić information content (AvgIpc) is 3.28. The lowest BCUT2D eigenvalue weighted by molar-refractivity contribution is 0.0320. The predicted molar refractivity (Wildman–Crippen MR) is 105 cm³/mol. The first-order valence-corrected chi connectivity index (χ1v) is 8.87. The number of ketones is 1. The first kappa shape index (κ1) is 17.7. The molecule has 2 aromatic heterocycles. The Morgan fingerprint density at radius 2 is 1.71 bits per heavy atom. The summed E-state index contributed by atoms with van der Waals surface area (Å²) in [5, 5.41) is 0.655. The molecule has 0 aliphatic rings. The van der Waals surface area contributed by atoms with E-state index in [1.807, 2.05) is 24.3 Å². The Labute approximate surface area is 161 Å². The molecule has 0 amide bonds. The van der Waals surface area contributed by atoms with Crippen LogP contribution in [0.5, 0.6) is 0 Å². The molecule has 0 saturated heterocycles. The van der Waals surface area contributed by atoms with E-state index in [-0.39, 0.29) is 5.78 Å². The quantitative estimate of drug-likeness (QED) is 0.368. The molecule has 4 aromatic rings. The summed E-state index contributed by atoms with van der Waals surface area (Å²) < 4.78 is 10.9. The molecule has 1 unspecified atom stereocenters. The third kappa shape index (κ3) is 3.42. The summed E-state index contributed by atoms with van der Waals surface area (Å²) in [5.41, 5.74) is 2.01. The molecule has 0 fully saturated rings. The van der Waals surface area contributed by atoms with Crippen molar-refractivity contribution in [2.45, 2.75) is 13.0 Å². The molecule has 1 atom stereocenters. The van der Waals surface area contributed by atoms with Gasteiger partial charge in [-0.05, 0) is 31.2 Å². The standard InChI is InChI=1S/C23H17NO4/c1-15(22(25)16-8-3-2-4-9-16)28-23(26)18-14-20(21-12-7-13-27-21)24-19-11-6-5-10-17(18)19/h2-15H,1H3. The molecule has 4 rings (SSSR count). The van der Waals surface area contributed by atoms with Crippen LogP contribution in [0.4, 0.5) is 0 Å². The number of ether oxygens (including phenoxy) is 1. The zero-order chi connectivity index (χ0) is 19.5. The second-order valence-corrected chi connectivity index (χ2v) is 6.33. The van der Waals surface area contributed by atoms with Crippen molar-refractivity contribution >= 4 is 22.7 Å². The van der Waals surface area contributed by atoms with Crippen LogP contribution in [0.2, 0.25) is 0 Å². The van der Waals surface area contributed by atoms with Gasteiger partial charge < -0.3 is 9.15 Å². The zero-order valence-corrected chi connectivity index (χ0v) is 15.2. The molecule has 138 valence electrons. The average molecular weight is 371 g/mol. The van der Waals surface area contributed by atoms with Crippen molar-refractivity contribution in [1.82, 2.24) is 4.98 Å². The molecule has 5 heteroatoms. The summed E-state index contributed by atoms with van der Waals surface area (Å²) in [6.45, 7) is 1.57. The van der Waals surface area contributed by atoms with Crippen molar-refractivity contribution in [3.05, 3.63) is 90.2 Å². The smallest absolute Gasteiger partial charge is 0.339 e. The molecule has 0 radical (unpaired) electrons. The van der Waals surface area contributed by atoms with Crippen molar-refractivity contribution in [3.63, 3.8) is 0 Å². The Balaban J connectivity index is 1.68. The number of hydrogen-bond donors (Lipinski definition) is 0. The minimum absolute atomic E-state index is 0.251. The van der Waals surface area contributed by atoms with E-state index in [1.165, 1.54) is 0 Å². The molecule has 2 aromatic carbocycles. The minimum atomic E-state index is -0.908. The molecule has 0 aliphatic carbocycles. The molecule has 2 heterocycles. The minimum Gasteiger partial charge on any atom is -0.463 e. The van der Waals surface area contributed by atoms with Crippen molar-refractivity contribution in [2.75, 3.05) is 0 Å². The lowest BCUT2D eigenvalue weighted by Crippen LogP contribution is -2.24. The molecule has 0 aliphatic heterocycles. The third-order valence-corrected chi connectivity index (χ3v) is 4.42. The number of carbonyl (C=O) groups excluding carboxylic acids is 2. The lowest BCUT2D eigenvalue weighted by atomic mass is 10.1. The van der Waals surface area contributed by atoms with Gasteiger partial charge in [-0.15, -0.1) is 0 Å². The van der Waals surface area contributed by atoms with Crippen LogP contribution in [-0.2, 0) is 4.74 Å². The van der Waals surface area contributed by atoms with Gasteiger partial charge in [-0.3, -0.25) is 4.79 Å². The Hall–Kier alpha value is -3.73. The van der Waals surface area contributed by atoms with Gasteiger partial charge in [0.05, 0.1) is 17.3 Å². The maximum Gasteiger partial charge on any atom is 0.339 e. The Morgan fingerprint density at radius 1 is 0.964 bits per heavy atom. The van der Waals surface area contributed by atoms with Gasteiger partial charge in [0.25, 0.3) is 0 Å². The van der Waals surface area contributed by atoms with E-state index in [1.54, 1.807) is 61.7 Å². The zero-order valence-electron chi connectivity index (χ0n) is 15.2. The van der Waals surface area contributed by atoms with Crippen LogP contribution in [0.3, 0.4) is 0 Å². The van der Waals surface area contributed by atoms with Crippen molar-refractivity contribution in [2.24, 2.45) is 0 Å². The van der Waals surface area contributed by atoms with E-state index in [0.29, 0.717) is 33.5 Å². The highest BCUT2D eigenvalue weighted by Crippen LogP contribution is 2.26. The molecular formula is C23H17NO4. The number of rotatable bonds is 5. The number of para-hydroxylation sites is 1. The third-order valence-electron chi connectivity index (χ3n) is 4.42. The second kappa shape index (κ2) is 7.48. The number of Topliss-reactive ketones (excluding diaryl/α,β-unsaturated/α-hetero) is 1. The van der Waals surface area contributed by atoms with Crippen molar-refractivity contribution in [3.8, 4) is 11.5 Å². The highest BCUT2D eigenvalue weighted by atomic mass is 16.5. The van der Waals surface area contributed by atoms with E-state index < -0.39 is 12.1 Å². The molecule has 0 N–H and O–H groups in total. The van der Waals surface area contributed by atoms with Gasteiger partial charge in [0.2, 0.25) is 5.78 Å². The van der Waals surface area contributed by atoms with Crippen LogP contribution in [0.15, 0.2) is 83.5 Å². The number of fused-ring (bicyclic) bond motifs is 1. The van der Waals surface area contributed by atoms with E-state index >= 15 is 0 Å².